The summed E-state index contributed by atoms with van der Waals surface area (Å²) in [4.78, 5) is 6.56. The van der Waals surface area contributed by atoms with Crippen LogP contribution in [0.1, 0.15) is 13.3 Å². The summed E-state index contributed by atoms with van der Waals surface area (Å²) in [6.45, 7) is 5.22. The van der Waals surface area contributed by atoms with Crippen molar-refractivity contribution in [2.75, 3.05) is 36.5 Å². The first-order chi connectivity index (χ1) is 7.83. The average Bonchev–Trinajstić information content (AvgIpc) is 2.78. The summed E-state index contributed by atoms with van der Waals surface area (Å²) in [6.07, 6.45) is 2.91. The molecule has 1 atom stereocenters. The van der Waals surface area contributed by atoms with Crippen molar-refractivity contribution in [1.29, 1.82) is 0 Å². The van der Waals surface area contributed by atoms with E-state index in [0.29, 0.717) is 12.5 Å². The van der Waals surface area contributed by atoms with E-state index in [0.717, 1.165) is 31.9 Å². The molecule has 0 bridgehead atoms. The number of aliphatic hydroxyl groups is 1. The summed E-state index contributed by atoms with van der Waals surface area (Å²) >= 11 is 0. The van der Waals surface area contributed by atoms with E-state index >= 15 is 0 Å². The van der Waals surface area contributed by atoms with Crippen LogP contribution in [0.25, 0.3) is 0 Å². The van der Waals surface area contributed by atoms with Gasteiger partial charge in [0.25, 0.3) is 0 Å². The van der Waals surface area contributed by atoms with Crippen LogP contribution in [0.15, 0.2) is 18.3 Å². The molecule has 1 fully saturated rings. The minimum Gasteiger partial charge on any atom is -0.396 e. The summed E-state index contributed by atoms with van der Waals surface area (Å²) in [5, 5.41) is 12.3. The molecule has 0 aliphatic carbocycles. The number of nitrogens with one attached hydrogen (secondary N) is 1. The smallest absolute Gasteiger partial charge is 0.127 e. The van der Waals surface area contributed by atoms with E-state index in [4.69, 9.17) is 5.11 Å². The summed E-state index contributed by atoms with van der Waals surface area (Å²) < 4.78 is 0. The first-order valence-electron chi connectivity index (χ1n) is 5.89. The van der Waals surface area contributed by atoms with Crippen molar-refractivity contribution in [3.63, 3.8) is 0 Å². The van der Waals surface area contributed by atoms with Crippen LogP contribution in [0.4, 0.5) is 11.5 Å². The van der Waals surface area contributed by atoms with Crippen molar-refractivity contribution in [3.05, 3.63) is 18.3 Å². The maximum absolute atomic E-state index is 9.12. The second kappa shape index (κ2) is 5.16. The van der Waals surface area contributed by atoms with Crippen LogP contribution in [0.3, 0.4) is 0 Å². The first kappa shape index (κ1) is 11.2. The van der Waals surface area contributed by atoms with Gasteiger partial charge in [0.2, 0.25) is 0 Å². The zero-order valence-electron chi connectivity index (χ0n) is 9.69. The monoisotopic (exact) mass is 221 g/mol. The third kappa shape index (κ3) is 2.44. The molecule has 0 aromatic carbocycles. The maximum atomic E-state index is 9.12. The highest BCUT2D eigenvalue weighted by Crippen LogP contribution is 2.24. The van der Waals surface area contributed by atoms with Gasteiger partial charge in [-0.3, -0.25) is 0 Å². The minimum absolute atomic E-state index is 0.293. The number of hydrogen-bond donors (Lipinski definition) is 2. The lowest BCUT2D eigenvalue weighted by atomic mass is 10.1. The van der Waals surface area contributed by atoms with Crippen molar-refractivity contribution >= 4 is 11.5 Å². The molecular weight excluding hydrogens is 202 g/mol. The number of pyridine rings is 1. The lowest BCUT2D eigenvalue weighted by molar-refractivity contribution is 0.238. The number of nitrogens with zero attached hydrogens (tertiary/aromatic N) is 2. The van der Waals surface area contributed by atoms with Gasteiger partial charge >= 0.3 is 0 Å². The molecule has 0 spiro atoms. The van der Waals surface area contributed by atoms with Gasteiger partial charge < -0.3 is 15.3 Å². The highest BCUT2D eigenvalue weighted by atomic mass is 16.3. The van der Waals surface area contributed by atoms with Gasteiger partial charge in [-0.25, -0.2) is 4.98 Å². The van der Waals surface area contributed by atoms with Gasteiger partial charge in [0.1, 0.15) is 5.82 Å². The minimum atomic E-state index is 0.293. The van der Waals surface area contributed by atoms with Crippen molar-refractivity contribution in [3.8, 4) is 0 Å². The quantitative estimate of drug-likeness (QED) is 0.805. The van der Waals surface area contributed by atoms with Crippen LogP contribution in [-0.2, 0) is 0 Å². The van der Waals surface area contributed by atoms with Gasteiger partial charge in [-0.2, -0.15) is 0 Å². The van der Waals surface area contributed by atoms with Crippen molar-refractivity contribution < 1.29 is 5.11 Å². The number of anilines is 2. The summed E-state index contributed by atoms with van der Waals surface area (Å²) in [5.41, 5.74) is 1.20. The Hall–Kier alpha value is -1.29. The third-order valence-corrected chi connectivity index (χ3v) is 3.01. The maximum Gasteiger partial charge on any atom is 0.127 e. The molecule has 2 N–H and O–H groups in total. The topological polar surface area (TPSA) is 48.4 Å². The van der Waals surface area contributed by atoms with Gasteiger partial charge in [0.15, 0.2) is 0 Å². The predicted octanol–water partition coefficient (Wildman–Crippen LogP) is 1.33. The Labute approximate surface area is 96.3 Å². The Balaban J connectivity index is 2.06. The van der Waals surface area contributed by atoms with Crippen LogP contribution in [-0.4, -0.2) is 36.3 Å². The molecule has 1 aromatic rings. The molecule has 0 radical (unpaired) electrons. The largest absolute Gasteiger partial charge is 0.396 e. The van der Waals surface area contributed by atoms with E-state index < -0.39 is 0 Å². The lowest BCUT2D eigenvalue weighted by Gasteiger charge is -2.19. The SMILES string of the molecule is CCNc1cc(N2CCC(CO)C2)ccn1. The van der Waals surface area contributed by atoms with Crippen LogP contribution in [0.2, 0.25) is 0 Å². The van der Waals surface area contributed by atoms with Gasteiger partial charge in [0, 0.05) is 50.1 Å². The van der Waals surface area contributed by atoms with E-state index in [9.17, 15) is 0 Å². The fourth-order valence-corrected chi connectivity index (χ4v) is 2.11. The Kier molecular flexibility index (Phi) is 3.62. The van der Waals surface area contributed by atoms with Crippen LogP contribution in [0.5, 0.6) is 0 Å². The molecule has 4 heteroatoms. The van der Waals surface area contributed by atoms with E-state index in [-0.39, 0.29) is 0 Å². The Morgan fingerprint density at radius 3 is 3.19 bits per heavy atom. The number of rotatable bonds is 4. The standard InChI is InChI=1S/C12H19N3O/c1-2-13-12-7-11(3-5-14-12)15-6-4-10(8-15)9-16/h3,5,7,10,16H,2,4,6,8-9H2,1H3,(H,13,14). The van der Waals surface area contributed by atoms with Crippen LogP contribution < -0.4 is 10.2 Å². The molecule has 4 nitrogen and oxygen atoms in total. The first-order valence-corrected chi connectivity index (χ1v) is 5.89. The highest BCUT2D eigenvalue weighted by Gasteiger charge is 2.21. The second-order valence-electron chi connectivity index (χ2n) is 4.21. The molecule has 0 amide bonds. The molecule has 16 heavy (non-hydrogen) atoms. The fourth-order valence-electron chi connectivity index (χ4n) is 2.11. The summed E-state index contributed by atoms with van der Waals surface area (Å²) in [6, 6.07) is 4.10. The molecule has 1 unspecified atom stereocenters. The zero-order chi connectivity index (χ0) is 11.4. The van der Waals surface area contributed by atoms with E-state index in [2.05, 4.69) is 28.2 Å². The molecular formula is C12H19N3O. The molecule has 1 aliphatic heterocycles. The zero-order valence-corrected chi connectivity index (χ0v) is 9.69. The molecule has 1 aliphatic rings. The van der Waals surface area contributed by atoms with E-state index in [1.807, 2.05) is 12.3 Å². The fraction of sp³-hybridized carbons (Fsp3) is 0.583. The molecule has 1 aromatic heterocycles. The summed E-state index contributed by atoms with van der Waals surface area (Å²) in [5.74, 6) is 1.35. The number of hydrogen-bond acceptors (Lipinski definition) is 4. The molecule has 2 heterocycles. The Bertz CT molecular complexity index is 343. The molecule has 1 saturated heterocycles. The second-order valence-corrected chi connectivity index (χ2v) is 4.21. The van der Waals surface area contributed by atoms with E-state index in [1.54, 1.807) is 0 Å². The van der Waals surface area contributed by atoms with Gasteiger partial charge in [-0.15, -0.1) is 0 Å². The Morgan fingerprint density at radius 1 is 1.62 bits per heavy atom. The highest BCUT2D eigenvalue weighted by molar-refractivity contribution is 5.54. The molecule has 0 saturated carbocycles. The van der Waals surface area contributed by atoms with Crippen molar-refractivity contribution in [2.24, 2.45) is 5.92 Å². The van der Waals surface area contributed by atoms with Crippen molar-refractivity contribution in [1.82, 2.24) is 4.98 Å². The van der Waals surface area contributed by atoms with Crippen molar-refractivity contribution in [2.45, 2.75) is 13.3 Å². The third-order valence-electron chi connectivity index (χ3n) is 3.01. The van der Waals surface area contributed by atoms with E-state index in [1.165, 1.54) is 5.69 Å². The average molecular weight is 221 g/mol. The predicted molar refractivity (Wildman–Crippen MR) is 65.8 cm³/mol. The lowest BCUT2D eigenvalue weighted by Crippen LogP contribution is -2.20. The van der Waals surface area contributed by atoms with Gasteiger partial charge in [-0.05, 0) is 19.4 Å². The summed E-state index contributed by atoms with van der Waals surface area (Å²) in [7, 11) is 0. The number of aromatic nitrogens is 1. The molecule has 2 rings (SSSR count). The van der Waals surface area contributed by atoms with Crippen LogP contribution in [0, 0.1) is 5.92 Å². The van der Waals surface area contributed by atoms with Gasteiger partial charge in [0.05, 0.1) is 0 Å². The Morgan fingerprint density at radius 2 is 2.50 bits per heavy atom. The normalized spacial score (nSPS) is 20.1. The van der Waals surface area contributed by atoms with Crippen LogP contribution >= 0.6 is 0 Å². The van der Waals surface area contributed by atoms with Gasteiger partial charge in [-0.1, -0.05) is 0 Å². The molecule has 88 valence electrons. The number of aliphatic hydroxyl groups excluding tert-OH is 1.